The van der Waals surface area contributed by atoms with Gasteiger partial charge >= 0.3 is 10.1 Å². The fraction of sp³-hybridized carbons (Fsp3) is 0.118. The highest BCUT2D eigenvalue weighted by atomic mass is 35.5. The van der Waals surface area contributed by atoms with E-state index in [2.05, 4.69) is 0 Å². The van der Waals surface area contributed by atoms with Crippen LogP contribution in [-0.2, 0) is 29.6 Å². The molecule has 0 spiro atoms. The number of hydrogen-bond acceptors (Lipinski definition) is 6. The second-order valence-electron chi connectivity index (χ2n) is 5.35. The first-order valence-corrected chi connectivity index (χ1v) is 9.23. The van der Waals surface area contributed by atoms with Crippen molar-refractivity contribution in [2.75, 3.05) is 0 Å². The van der Waals surface area contributed by atoms with Gasteiger partial charge in [0.1, 0.15) is 11.6 Å². The Morgan fingerprint density at radius 2 is 1.96 bits per heavy atom. The van der Waals surface area contributed by atoms with Gasteiger partial charge in [-0.25, -0.2) is 4.39 Å². The van der Waals surface area contributed by atoms with Crippen molar-refractivity contribution in [3.63, 3.8) is 0 Å². The summed E-state index contributed by atoms with van der Waals surface area (Å²) in [6.45, 7) is 0. The maximum Gasteiger partial charge on any atom is 0.313 e. The lowest BCUT2D eigenvalue weighted by Gasteiger charge is -2.11. The van der Waals surface area contributed by atoms with E-state index in [9.17, 15) is 17.6 Å². The molecule has 0 radical (unpaired) electrons. The summed E-state index contributed by atoms with van der Waals surface area (Å²) in [6.07, 6.45) is -2.55. The first kappa shape index (κ1) is 16.9. The maximum atomic E-state index is 13.5. The van der Waals surface area contributed by atoms with Crippen LogP contribution in [0.3, 0.4) is 0 Å². The number of hydrogen-bond donors (Lipinski definition) is 1. The lowest BCUT2D eigenvalue weighted by atomic mass is 10.1. The highest BCUT2D eigenvalue weighted by Gasteiger charge is 2.40. The third-order valence-corrected chi connectivity index (χ3v) is 4.85. The Hall–Kier alpha value is -2.58. The van der Waals surface area contributed by atoms with Crippen LogP contribution >= 0.6 is 11.6 Å². The van der Waals surface area contributed by atoms with E-state index in [1.54, 1.807) is 30.3 Å². The van der Waals surface area contributed by atoms with Gasteiger partial charge in [-0.05, 0) is 23.8 Å². The second kappa shape index (κ2) is 6.97. The van der Waals surface area contributed by atoms with Crippen LogP contribution in [0.15, 0.2) is 60.2 Å². The summed E-state index contributed by atoms with van der Waals surface area (Å²) in [5.41, 5.74) is 5.66. The summed E-state index contributed by atoms with van der Waals surface area (Å²) >= 11 is 5.93. The van der Waals surface area contributed by atoms with Crippen molar-refractivity contribution in [1.29, 1.82) is 0 Å². The maximum absolute atomic E-state index is 13.5. The van der Waals surface area contributed by atoms with Crippen molar-refractivity contribution in [2.24, 2.45) is 5.73 Å². The van der Waals surface area contributed by atoms with Gasteiger partial charge in [-0.2, -0.15) is 8.42 Å². The largest absolute Gasteiger partial charge is 0.460 e. The first-order valence-electron chi connectivity index (χ1n) is 7.77. The molecule has 0 bridgehead atoms. The molecule has 1 atom stereocenters. The molecule has 0 amide bonds. The Balaban J connectivity index is 1.88. The fourth-order valence-electron chi connectivity index (χ4n) is 2.28. The van der Waals surface area contributed by atoms with Gasteiger partial charge in [0.15, 0.2) is 6.08 Å². The van der Waals surface area contributed by atoms with Crippen LogP contribution in [0.4, 0.5) is 4.39 Å². The van der Waals surface area contributed by atoms with Crippen molar-refractivity contribution in [1.82, 2.24) is 0 Å². The number of carbonyl (C=O) groups excluding carboxylic acids is 1. The van der Waals surface area contributed by atoms with Crippen molar-refractivity contribution in [2.45, 2.75) is 11.8 Å². The SMILES string of the molecule is [2H]C1(c2cc(F)ccc2Cl)OC(N)=C(OS(=O)(=O)Cc2ccccc2)C1=O. The van der Waals surface area contributed by atoms with Crippen molar-refractivity contribution >= 4 is 27.5 Å². The molecule has 0 saturated carbocycles. The Morgan fingerprint density at radius 3 is 2.65 bits per heavy atom. The minimum absolute atomic E-state index is 0.124. The first-order chi connectivity index (χ1) is 12.6. The number of halogens is 2. The highest BCUT2D eigenvalue weighted by Crippen LogP contribution is 2.36. The van der Waals surface area contributed by atoms with E-state index in [1.165, 1.54) is 0 Å². The lowest BCUT2D eigenvalue weighted by Crippen LogP contribution is -2.16. The summed E-state index contributed by atoms with van der Waals surface area (Å²) in [6, 6.07) is 11.1. The number of ether oxygens (including phenoxy) is 1. The molecular weight excluding hydrogens is 385 g/mol. The second-order valence-corrected chi connectivity index (χ2v) is 7.33. The Labute approximate surface area is 155 Å². The van der Waals surface area contributed by atoms with Gasteiger partial charge in [0, 0.05) is 10.6 Å². The average Bonchev–Trinajstić information content (AvgIpc) is 2.81. The molecule has 2 N–H and O–H groups in total. The molecule has 136 valence electrons. The number of nitrogens with two attached hydrogens (primary N) is 1. The number of ketones is 1. The van der Waals surface area contributed by atoms with E-state index in [0.717, 1.165) is 18.2 Å². The standard InChI is InChI=1S/C17H13ClFNO5S/c18-13-7-6-11(19)8-12(13)15-14(21)16(17(20)24-15)25-26(22,23)9-10-4-2-1-3-5-10/h1-8,15H,9,20H2/i15D. The van der Waals surface area contributed by atoms with Crippen molar-refractivity contribution < 1.29 is 27.9 Å². The quantitative estimate of drug-likeness (QED) is 0.778. The summed E-state index contributed by atoms with van der Waals surface area (Å²) in [5, 5.41) is -0.124. The molecule has 1 unspecified atom stereocenters. The lowest BCUT2D eigenvalue weighted by molar-refractivity contribution is -0.123. The molecule has 1 aliphatic rings. The van der Waals surface area contributed by atoms with E-state index < -0.39 is 45.2 Å². The summed E-state index contributed by atoms with van der Waals surface area (Å²) in [5.74, 6) is -4.04. The van der Waals surface area contributed by atoms with E-state index in [-0.39, 0.29) is 10.6 Å². The third-order valence-electron chi connectivity index (χ3n) is 3.42. The Morgan fingerprint density at radius 1 is 1.27 bits per heavy atom. The minimum Gasteiger partial charge on any atom is -0.460 e. The fourth-order valence-corrected chi connectivity index (χ4v) is 3.55. The number of Topliss-reactive ketones (excluding diaryl/α,β-unsaturated/α-hetero) is 1. The number of benzene rings is 2. The van der Waals surface area contributed by atoms with Gasteiger partial charge < -0.3 is 14.7 Å². The van der Waals surface area contributed by atoms with Gasteiger partial charge in [-0.15, -0.1) is 0 Å². The zero-order valence-electron chi connectivity index (χ0n) is 14.1. The van der Waals surface area contributed by atoms with Crippen LogP contribution in [0.1, 0.15) is 18.6 Å². The summed E-state index contributed by atoms with van der Waals surface area (Å²) in [4.78, 5) is 12.6. The smallest absolute Gasteiger partial charge is 0.313 e. The predicted octanol–water partition coefficient (Wildman–Crippen LogP) is 2.79. The molecule has 1 aliphatic heterocycles. The highest BCUT2D eigenvalue weighted by molar-refractivity contribution is 7.86. The third kappa shape index (κ3) is 3.81. The minimum atomic E-state index is -4.26. The van der Waals surface area contributed by atoms with Gasteiger partial charge in [-0.3, -0.25) is 4.79 Å². The van der Waals surface area contributed by atoms with E-state index in [1.807, 2.05) is 0 Å². The molecule has 3 rings (SSSR count). The number of carbonyl (C=O) groups is 1. The Bertz CT molecular complexity index is 1040. The van der Waals surface area contributed by atoms with E-state index in [4.69, 9.17) is 27.6 Å². The van der Waals surface area contributed by atoms with Crippen LogP contribution in [0.2, 0.25) is 5.02 Å². The van der Waals surface area contributed by atoms with Crippen LogP contribution in [-0.4, -0.2) is 14.2 Å². The molecule has 1 heterocycles. The predicted molar refractivity (Wildman–Crippen MR) is 91.6 cm³/mol. The van der Waals surface area contributed by atoms with Gasteiger partial charge in [0.2, 0.25) is 17.4 Å². The molecule has 2 aromatic rings. The van der Waals surface area contributed by atoms with Gasteiger partial charge in [0.05, 0.1) is 1.37 Å². The zero-order chi connectivity index (χ0) is 19.8. The van der Waals surface area contributed by atoms with Crippen LogP contribution in [0.25, 0.3) is 0 Å². The zero-order valence-corrected chi connectivity index (χ0v) is 14.7. The molecule has 0 saturated heterocycles. The average molecular weight is 399 g/mol. The normalized spacial score (nSPS) is 20.7. The van der Waals surface area contributed by atoms with Gasteiger partial charge in [-0.1, -0.05) is 41.9 Å². The molecule has 0 aliphatic carbocycles. The molecule has 26 heavy (non-hydrogen) atoms. The molecule has 6 nitrogen and oxygen atoms in total. The Kier molecular flexibility index (Phi) is 4.52. The van der Waals surface area contributed by atoms with Crippen LogP contribution in [0.5, 0.6) is 0 Å². The molecule has 2 aromatic carbocycles. The van der Waals surface area contributed by atoms with Crippen molar-refractivity contribution in [3.8, 4) is 0 Å². The molecular formula is C17H13ClFNO5S. The molecule has 0 aromatic heterocycles. The molecule has 9 heteroatoms. The molecule has 0 fully saturated rings. The summed E-state index contributed by atoms with van der Waals surface area (Å²) in [7, 11) is -4.26. The van der Waals surface area contributed by atoms with E-state index >= 15 is 0 Å². The van der Waals surface area contributed by atoms with E-state index in [0.29, 0.717) is 5.56 Å². The van der Waals surface area contributed by atoms with Gasteiger partial charge in [0.25, 0.3) is 0 Å². The topological polar surface area (TPSA) is 95.7 Å². The van der Waals surface area contributed by atoms with Crippen molar-refractivity contribution in [3.05, 3.63) is 82.1 Å². The monoisotopic (exact) mass is 398 g/mol. The number of rotatable bonds is 5. The van der Waals surface area contributed by atoms with Crippen LogP contribution < -0.4 is 5.73 Å². The summed E-state index contributed by atoms with van der Waals surface area (Å²) < 4.78 is 56.1. The van der Waals surface area contributed by atoms with Crippen LogP contribution in [0, 0.1) is 5.82 Å².